The zero-order chi connectivity index (χ0) is 18.1. The minimum atomic E-state index is -0.389. The topological polar surface area (TPSA) is 53.6 Å². The second-order valence-corrected chi connectivity index (χ2v) is 7.36. The summed E-state index contributed by atoms with van der Waals surface area (Å²) in [6.45, 7) is 2.68. The average molecular weight is 372 g/mol. The minimum Gasteiger partial charge on any atom is -0.497 e. The normalized spacial score (nSPS) is 18.8. The Balaban J connectivity index is 1.44. The van der Waals surface area contributed by atoms with Crippen LogP contribution in [0.1, 0.15) is 28.8 Å². The van der Waals surface area contributed by atoms with Crippen molar-refractivity contribution in [2.75, 3.05) is 25.5 Å². The van der Waals surface area contributed by atoms with Crippen LogP contribution in [-0.2, 0) is 6.54 Å². The highest BCUT2D eigenvalue weighted by Gasteiger charge is 2.40. The van der Waals surface area contributed by atoms with E-state index in [9.17, 15) is 4.79 Å². The molecule has 1 amide bonds. The van der Waals surface area contributed by atoms with E-state index >= 15 is 0 Å². The predicted octanol–water partition coefficient (Wildman–Crippen LogP) is 3.50. The highest BCUT2D eigenvalue weighted by atomic mass is 35.5. The van der Waals surface area contributed by atoms with Gasteiger partial charge in [0, 0.05) is 32.5 Å². The number of halogens is 1. The molecule has 0 radical (unpaired) electrons. The van der Waals surface area contributed by atoms with Crippen molar-refractivity contribution in [1.29, 1.82) is 0 Å². The van der Waals surface area contributed by atoms with Crippen molar-refractivity contribution in [1.82, 2.24) is 10.2 Å². The van der Waals surface area contributed by atoms with E-state index in [1.54, 1.807) is 13.2 Å². The Hall–Kier alpha value is -2.24. The molecule has 2 aromatic carbocycles. The maximum absolute atomic E-state index is 12.6. The van der Waals surface area contributed by atoms with Gasteiger partial charge in [-0.1, -0.05) is 29.8 Å². The van der Waals surface area contributed by atoms with Gasteiger partial charge in [-0.3, -0.25) is 9.69 Å². The van der Waals surface area contributed by atoms with Crippen molar-refractivity contribution < 1.29 is 9.53 Å². The quantitative estimate of drug-likeness (QED) is 0.867. The van der Waals surface area contributed by atoms with Gasteiger partial charge in [0.15, 0.2) is 0 Å². The van der Waals surface area contributed by atoms with Crippen LogP contribution in [0.15, 0.2) is 42.5 Å². The molecule has 0 unspecified atom stereocenters. The number of hydrogen-bond acceptors (Lipinski definition) is 4. The number of rotatable bonds is 3. The lowest BCUT2D eigenvalue weighted by Gasteiger charge is -2.46. The summed E-state index contributed by atoms with van der Waals surface area (Å²) >= 11 is 6.18. The van der Waals surface area contributed by atoms with E-state index in [1.165, 1.54) is 5.56 Å². The van der Waals surface area contributed by atoms with Crippen molar-refractivity contribution in [2.24, 2.45) is 0 Å². The first-order valence-corrected chi connectivity index (χ1v) is 9.21. The number of piperidine rings is 1. The number of carbonyl (C=O) groups is 1. The molecule has 26 heavy (non-hydrogen) atoms. The first-order valence-electron chi connectivity index (χ1n) is 8.83. The average Bonchev–Trinajstić information content (AvgIpc) is 2.64. The van der Waals surface area contributed by atoms with Gasteiger partial charge in [-0.15, -0.1) is 0 Å². The molecule has 1 saturated heterocycles. The Morgan fingerprint density at radius 2 is 1.92 bits per heavy atom. The number of benzene rings is 2. The Bertz CT molecular complexity index is 832. The maximum atomic E-state index is 12.6. The van der Waals surface area contributed by atoms with E-state index in [1.807, 2.05) is 24.3 Å². The van der Waals surface area contributed by atoms with E-state index in [0.29, 0.717) is 10.6 Å². The summed E-state index contributed by atoms with van der Waals surface area (Å²) < 4.78 is 5.30. The summed E-state index contributed by atoms with van der Waals surface area (Å²) in [7, 11) is 1.69. The number of fused-ring (bicyclic) bond motifs is 1. The molecule has 0 atom stereocenters. The van der Waals surface area contributed by atoms with Gasteiger partial charge in [-0.05, 0) is 29.8 Å². The predicted molar refractivity (Wildman–Crippen MR) is 103 cm³/mol. The summed E-state index contributed by atoms with van der Waals surface area (Å²) in [5.74, 6) is 0.788. The molecule has 136 valence electrons. The Morgan fingerprint density at radius 1 is 1.15 bits per heavy atom. The molecule has 6 heteroatoms. The largest absolute Gasteiger partial charge is 0.497 e. The van der Waals surface area contributed by atoms with E-state index in [-0.39, 0.29) is 11.6 Å². The smallest absolute Gasteiger partial charge is 0.256 e. The van der Waals surface area contributed by atoms with Crippen molar-refractivity contribution in [3.05, 3.63) is 58.6 Å². The fraction of sp³-hybridized carbons (Fsp3) is 0.350. The molecule has 2 aromatic rings. The van der Waals surface area contributed by atoms with Gasteiger partial charge >= 0.3 is 0 Å². The van der Waals surface area contributed by atoms with Crippen LogP contribution in [0.5, 0.6) is 5.75 Å². The van der Waals surface area contributed by atoms with E-state index in [0.717, 1.165) is 43.9 Å². The lowest BCUT2D eigenvalue weighted by atomic mass is 9.92. The van der Waals surface area contributed by atoms with Crippen LogP contribution in [0.2, 0.25) is 5.02 Å². The first kappa shape index (κ1) is 17.2. The number of nitrogens with zero attached hydrogens (tertiary/aromatic N) is 1. The lowest BCUT2D eigenvalue weighted by molar-refractivity contribution is 0.0822. The SMILES string of the molecule is COc1cccc(CN2CCC3(CC2)NC(=O)c2c(Cl)cccc2N3)c1. The molecule has 4 rings (SSSR count). The van der Waals surface area contributed by atoms with Gasteiger partial charge in [-0.25, -0.2) is 0 Å². The van der Waals surface area contributed by atoms with E-state index < -0.39 is 0 Å². The third-order valence-corrected chi connectivity index (χ3v) is 5.53. The number of nitrogens with one attached hydrogen (secondary N) is 2. The number of hydrogen-bond donors (Lipinski definition) is 2. The monoisotopic (exact) mass is 371 g/mol. The molecule has 1 spiro atoms. The summed E-state index contributed by atoms with van der Waals surface area (Å²) in [6, 6.07) is 13.7. The molecule has 2 N–H and O–H groups in total. The standard InChI is InChI=1S/C20H22ClN3O2/c1-26-15-5-2-4-14(12-15)13-24-10-8-20(9-11-24)22-17-7-3-6-16(21)18(17)19(25)23-20/h2-7,12,22H,8-11,13H2,1H3,(H,23,25). The Labute approximate surface area is 158 Å². The molecule has 0 aliphatic carbocycles. The van der Waals surface area contributed by atoms with E-state index in [4.69, 9.17) is 16.3 Å². The third kappa shape index (κ3) is 3.24. The number of methoxy groups -OCH3 is 1. The Kier molecular flexibility index (Phi) is 4.51. The lowest BCUT2D eigenvalue weighted by Crippen LogP contribution is -2.62. The number of carbonyl (C=O) groups excluding carboxylic acids is 1. The van der Waals surface area contributed by atoms with Crippen LogP contribution in [0.25, 0.3) is 0 Å². The zero-order valence-electron chi connectivity index (χ0n) is 14.7. The van der Waals surface area contributed by atoms with Gasteiger partial charge in [0.2, 0.25) is 0 Å². The van der Waals surface area contributed by atoms with Crippen LogP contribution in [-0.4, -0.2) is 36.7 Å². The summed E-state index contributed by atoms with van der Waals surface area (Å²) in [5, 5.41) is 7.16. The third-order valence-electron chi connectivity index (χ3n) is 5.22. The molecular weight excluding hydrogens is 350 g/mol. The van der Waals surface area contributed by atoms with Crippen LogP contribution in [0, 0.1) is 0 Å². The van der Waals surface area contributed by atoms with Gasteiger partial charge in [0.05, 0.1) is 23.4 Å². The molecule has 5 nitrogen and oxygen atoms in total. The summed E-state index contributed by atoms with van der Waals surface area (Å²) in [6.07, 6.45) is 1.68. The molecular formula is C20H22ClN3O2. The van der Waals surface area contributed by atoms with E-state index in [2.05, 4.69) is 27.7 Å². The van der Waals surface area contributed by atoms with Crippen molar-refractivity contribution in [2.45, 2.75) is 25.0 Å². The summed E-state index contributed by atoms with van der Waals surface area (Å²) in [5.41, 5.74) is 2.21. The number of amides is 1. The highest BCUT2D eigenvalue weighted by molar-refractivity contribution is 6.34. The molecule has 0 aromatic heterocycles. The van der Waals surface area contributed by atoms with Crippen molar-refractivity contribution in [3.63, 3.8) is 0 Å². The number of ether oxygens (including phenoxy) is 1. The summed E-state index contributed by atoms with van der Waals surface area (Å²) in [4.78, 5) is 15.0. The fourth-order valence-corrected chi connectivity index (χ4v) is 4.06. The fourth-order valence-electron chi connectivity index (χ4n) is 3.80. The second-order valence-electron chi connectivity index (χ2n) is 6.95. The molecule has 2 heterocycles. The van der Waals surface area contributed by atoms with Crippen LogP contribution in [0.3, 0.4) is 0 Å². The van der Waals surface area contributed by atoms with Gasteiger partial charge < -0.3 is 15.4 Å². The first-order chi connectivity index (χ1) is 12.6. The van der Waals surface area contributed by atoms with Crippen molar-refractivity contribution >= 4 is 23.2 Å². The molecule has 2 aliphatic rings. The molecule has 0 bridgehead atoms. The van der Waals surface area contributed by atoms with Crippen LogP contribution >= 0.6 is 11.6 Å². The maximum Gasteiger partial charge on any atom is 0.256 e. The highest BCUT2D eigenvalue weighted by Crippen LogP contribution is 2.34. The van der Waals surface area contributed by atoms with Gasteiger partial charge in [0.1, 0.15) is 11.4 Å². The molecule has 1 fully saturated rings. The van der Waals surface area contributed by atoms with Crippen LogP contribution < -0.4 is 15.4 Å². The number of anilines is 1. The number of likely N-dealkylation sites (tertiary alicyclic amines) is 1. The van der Waals surface area contributed by atoms with Gasteiger partial charge in [0.25, 0.3) is 5.91 Å². The Morgan fingerprint density at radius 3 is 2.69 bits per heavy atom. The minimum absolute atomic E-state index is 0.0920. The van der Waals surface area contributed by atoms with Crippen LogP contribution in [0.4, 0.5) is 5.69 Å². The second kappa shape index (κ2) is 6.82. The molecule has 2 aliphatic heterocycles. The van der Waals surface area contributed by atoms with Crippen molar-refractivity contribution in [3.8, 4) is 5.75 Å². The zero-order valence-corrected chi connectivity index (χ0v) is 15.5. The molecule has 0 saturated carbocycles. The van der Waals surface area contributed by atoms with Gasteiger partial charge in [-0.2, -0.15) is 0 Å².